The maximum atomic E-state index is 2.66. The summed E-state index contributed by atoms with van der Waals surface area (Å²) < 4.78 is 0. The Balaban J connectivity index is 2.01. The molecule has 0 heterocycles. The molecule has 0 aromatic heterocycles. The molecule has 1 heteroatoms. The Hall–Kier alpha value is -1.86. The maximum absolute atomic E-state index is 2.66. The Bertz CT molecular complexity index is 1130. The van der Waals surface area contributed by atoms with E-state index in [1.54, 1.807) is 66.0 Å². The average Bonchev–Trinajstić information content (AvgIpc) is 3.27. The number of fused-ring (bicyclic) bond motifs is 2. The zero-order chi connectivity index (χ0) is 26.0. The van der Waals surface area contributed by atoms with Gasteiger partial charge < -0.3 is 0 Å². The van der Waals surface area contributed by atoms with Gasteiger partial charge in [0.1, 0.15) is 8.07 Å². The summed E-state index contributed by atoms with van der Waals surface area (Å²) in [4.78, 5) is 0. The van der Waals surface area contributed by atoms with Crippen LogP contribution in [0.2, 0.25) is 13.1 Å². The maximum Gasteiger partial charge on any atom is 0.113 e. The van der Waals surface area contributed by atoms with Crippen LogP contribution in [0, 0.1) is 0 Å². The van der Waals surface area contributed by atoms with Gasteiger partial charge in [0.25, 0.3) is 0 Å². The van der Waals surface area contributed by atoms with Crippen molar-refractivity contribution in [2.24, 2.45) is 0 Å². The van der Waals surface area contributed by atoms with E-state index in [9.17, 15) is 0 Å². The first kappa shape index (κ1) is 26.2. The summed E-state index contributed by atoms with van der Waals surface area (Å²) in [5.41, 5.74) is 16.0. The van der Waals surface area contributed by atoms with Crippen LogP contribution in [-0.4, -0.2) is 8.07 Å². The second-order valence-corrected chi connectivity index (χ2v) is 17.4. The van der Waals surface area contributed by atoms with Gasteiger partial charge >= 0.3 is 0 Å². The highest BCUT2D eigenvalue weighted by molar-refractivity contribution is 7.09. The lowest BCUT2D eigenvalue weighted by Gasteiger charge is -2.34. The van der Waals surface area contributed by atoms with Crippen molar-refractivity contribution in [2.75, 3.05) is 0 Å². The topological polar surface area (TPSA) is 0 Å². The molecule has 0 fully saturated rings. The summed E-state index contributed by atoms with van der Waals surface area (Å²) in [6, 6.07) is 9.78. The molecule has 2 aliphatic carbocycles. The highest BCUT2D eigenvalue weighted by Gasteiger charge is 2.43. The van der Waals surface area contributed by atoms with E-state index >= 15 is 0 Å². The lowest BCUT2D eigenvalue weighted by molar-refractivity contribution is 0.786. The minimum atomic E-state index is -1.98. The molecule has 2 aliphatic rings. The molecule has 0 unspecified atom stereocenters. The minimum absolute atomic E-state index is 0.540. The third kappa shape index (κ3) is 4.12. The Morgan fingerprint density at radius 1 is 0.543 bits per heavy atom. The minimum Gasteiger partial charge on any atom is -0.0686 e. The van der Waals surface area contributed by atoms with Gasteiger partial charge in [0, 0.05) is 0 Å². The van der Waals surface area contributed by atoms with Crippen LogP contribution in [0.15, 0.2) is 35.4 Å². The molecule has 4 rings (SSSR count). The van der Waals surface area contributed by atoms with Gasteiger partial charge in [0.05, 0.1) is 0 Å². The molecular formula is C34H48Si. The van der Waals surface area contributed by atoms with E-state index in [0.717, 1.165) is 12.8 Å². The Labute approximate surface area is 217 Å². The van der Waals surface area contributed by atoms with Crippen LogP contribution < -0.4 is 0 Å². The summed E-state index contributed by atoms with van der Waals surface area (Å²) in [6.07, 6.45) is 2.25. The number of hydrogen-bond acceptors (Lipinski definition) is 0. The van der Waals surface area contributed by atoms with E-state index in [-0.39, 0.29) is 0 Å². The van der Waals surface area contributed by atoms with Crippen LogP contribution >= 0.6 is 0 Å². The molecule has 0 nitrogen and oxygen atoms in total. The normalized spacial score (nSPS) is 16.0. The zero-order valence-corrected chi connectivity index (χ0v) is 25.5. The van der Waals surface area contributed by atoms with Crippen LogP contribution in [0.1, 0.15) is 137 Å². The highest BCUT2D eigenvalue weighted by Crippen LogP contribution is 2.53. The van der Waals surface area contributed by atoms with Crippen molar-refractivity contribution in [3.05, 3.63) is 79.9 Å². The molecule has 35 heavy (non-hydrogen) atoms. The van der Waals surface area contributed by atoms with Gasteiger partial charge in [-0.15, -0.1) is 0 Å². The monoisotopic (exact) mass is 484 g/mol. The number of allylic oxidation sites excluding steroid dienone is 2. The van der Waals surface area contributed by atoms with Crippen molar-refractivity contribution in [3.63, 3.8) is 0 Å². The Morgan fingerprint density at radius 2 is 0.886 bits per heavy atom. The molecule has 0 aliphatic heterocycles. The van der Waals surface area contributed by atoms with Gasteiger partial charge in [-0.25, -0.2) is 0 Å². The number of rotatable bonds is 6. The Kier molecular flexibility index (Phi) is 6.90. The Morgan fingerprint density at radius 3 is 1.17 bits per heavy atom. The van der Waals surface area contributed by atoms with Crippen molar-refractivity contribution in [1.29, 1.82) is 0 Å². The molecule has 0 saturated heterocycles. The van der Waals surface area contributed by atoms with Gasteiger partial charge in [-0.3, -0.25) is 0 Å². The molecule has 0 spiro atoms. The van der Waals surface area contributed by atoms with Gasteiger partial charge in [-0.2, -0.15) is 0 Å². The fourth-order valence-electron chi connectivity index (χ4n) is 7.49. The molecule has 0 N–H and O–H groups in total. The smallest absolute Gasteiger partial charge is 0.0686 e. The molecule has 0 saturated carbocycles. The quantitative estimate of drug-likeness (QED) is 0.358. The summed E-state index contributed by atoms with van der Waals surface area (Å²) >= 11 is 0. The fourth-order valence-corrected chi connectivity index (χ4v) is 11.9. The molecule has 0 bridgehead atoms. The van der Waals surface area contributed by atoms with Crippen LogP contribution in [0.3, 0.4) is 0 Å². The van der Waals surface area contributed by atoms with Crippen molar-refractivity contribution in [3.8, 4) is 0 Å². The van der Waals surface area contributed by atoms with E-state index in [0.29, 0.717) is 23.7 Å². The van der Waals surface area contributed by atoms with E-state index < -0.39 is 8.07 Å². The number of benzene rings is 2. The van der Waals surface area contributed by atoms with E-state index in [1.807, 2.05) is 0 Å². The summed E-state index contributed by atoms with van der Waals surface area (Å²) in [7, 11) is -1.98. The molecule has 0 amide bonds. The SMILES string of the molecule is CC1=C([Si](C)(C)C2=C(C)Cc3ccc(C(C)C)c(C(C)C)c32)c2c(ccc(C(C)C)c2C(C)C)C1. The van der Waals surface area contributed by atoms with Crippen LogP contribution in [0.5, 0.6) is 0 Å². The van der Waals surface area contributed by atoms with Gasteiger partial charge in [-0.05, 0) is 105 Å². The molecule has 2 aromatic carbocycles. The van der Waals surface area contributed by atoms with Crippen molar-refractivity contribution in [2.45, 2.75) is 119 Å². The van der Waals surface area contributed by atoms with E-state index in [4.69, 9.17) is 0 Å². The third-order valence-electron chi connectivity index (χ3n) is 8.64. The van der Waals surface area contributed by atoms with Crippen LogP contribution in [-0.2, 0) is 12.8 Å². The summed E-state index contributed by atoms with van der Waals surface area (Å²) in [5, 5.41) is 3.48. The first-order valence-corrected chi connectivity index (χ1v) is 17.0. The molecule has 0 atom stereocenters. The standard InChI is InChI=1S/C34H48Si/c1-19(2)27-15-13-25-17-23(9)33(31(25)29(27)21(5)6)35(11,12)34-24(10)18-26-14-16-28(20(3)4)30(22(7)8)32(26)34/h13-16,19-22H,17-18H2,1-12H3. The van der Waals surface area contributed by atoms with Crippen LogP contribution in [0.25, 0.3) is 10.4 Å². The van der Waals surface area contributed by atoms with Gasteiger partial charge in [0.2, 0.25) is 0 Å². The second-order valence-electron chi connectivity index (χ2n) is 13.1. The first-order valence-electron chi connectivity index (χ1n) is 14.0. The molecular weight excluding hydrogens is 436 g/mol. The predicted octanol–water partition coefficient (Wildman–Crippen LogP) is 10.3. The van der Waals surface area contributed by atoms with Crippen molar-refractivity contribution >= 4 is 18.5 Å². The van der Waals surface area contributed by atoms with Crippen molar-refractivity contribution in [1.82, 2.24) is 0 Å². The zero-order valence-electron chi connectivity index (χ0n) is 24.5. The molecule has 0 radical (unpaired) electrons. The van der Waals surface area contributed by atoms with E-state index in [1.165, 1.54) is 0 Å². The van der Waals surface area contributed by atoms with E-state index in [2.05, 4.69) is 107 Å². The largest absolute Gasteiger partial charge is 0.113 e. The lowest BCUT2D eigenvalue weighted by Crippen LogP contribution is -2.32. The van der Waals surface area contributed by atoms with Gasteiger partial charge in [-0.1, -0.05) is 104 Å². The predicted molar refractivity (Wildman–Crippen MR) is 159 cm³/mol. The molecule has 188 valence electrons. The third-order valence-corrected chi connectivity index (χ3v) is 12.5. The second kappa shape index (κ2) is 9.22. The average molecular weight is 485 g/mol. The van der Waals surface area contributed by atoms with Gasteiger partial charge in [0.15, 0.2) is 0 Å². The lowest BCUT2D eigenvalue weighted by atomic mass is 9.85. The fraction of sp³-hybridized carbons (Fsp3) is 0.529. The summed E-state index contributed by atoms with van der Waals surface area (Å²) in [6.45, 7) is 29.3. The number of hydrogen-bond donors (Lipinski definition) is 0. The summed E-state index contributed by atoms with van der Waals surface area (Å²) in [5.74, 6) is 2.19. The first-order chi connectivity index (χ1) is 16.3. The van der Waals surface area contributed by atoms with Crippen LogP contribution in [0.4, 0.5) is 0 Å². The highest BCUT2D eigenvalue weighted by atomic mass is 28.3. The van der Waals surface area contributed by atoms with Crippen molar-refractivity contribution < 1.29 is 0 Å². The molecule has 2 aromatic rings.